The number of carbonyl (C=O) groups is 1. The molecule has 2 heterocycles. The molecule has 82 valence electrons. The Balaban J connectivity index is 2.12. The average molecular weight is 232 g/mol. The molecule has 1 fully saturated rings. The third kappa shape index (κ3) is 1.41. The van der Waals surface area contributed by atoms with E-state index in [1.165, 1.54) is 0 Å². The van der Waals surface area contributed by atoms with E-state index in [1.807, 2.05) is 35.4 Å². The van der Waals surface area contributed by atoms with Gasteiger partial charge in [-0.2, -0.15) is 12.6 Å². The molecule has 1 atom stereocenters. The molecule has 4 heteroatoms. The SMILES string of the molecule is O=C1CC(S)CN1c1cccc2[nH]ccc12. The van der Waals surface area contributed by atoms with E-state index in [1.54, 1.807) is 0 Å². The first-order valence-electron chi connectivity index (χ1n) is 5.30. The van der Waals surface area contributed by atoms with Crippen molar-refractivity contribution < 1.29 is 4.79 Å². The van der Waals surface area contributed by atoms with Crippen LogP contribution in [0.1, 0.15) is 6.42 Å². The molecule has 1 aromatic heterocycles. The van der Waals surface area contributed by atoms with Gasteiger partial charge in [0.25, 0.3) is 0 Å². The van der Waals surface area contributed by atoms with Crippen molar-refractivity contribution >= 4 is 35.1 Å². The van der Waals surface area contributed by atoms with E-state index in [2.05, 4.69) is 17.6 Å². The molecule has 1 aromatic carbocycles. The fourth-order valence-corrected chi connectivity index (χ4v) is 2.55. The molecule has 3 nitrogen and oxygen atoms in total. The molecule has 0 spiro atoms. The van der Waals surface area contributed by atoms with Crippen molar-refractivity contribution in [1.82, 2.24) is 4.98 Å². The Morgan fingerprint density at radius 2 is 2.25 bits per heavy atom. The highest BCUT2D eigenvalue weighted by atomic mass is 32.1. The maximum absolute atomic E-state index is 11.8. The molecule has 1 saturated heterocycles. The van der Waals surface area contributed by atoms with Crippen molar-refractivity contribution in [2.45, 2.75) is 11.7 Å². The number of amides is 1. The van der Waals surface area contributed by atoms with Crippen molar-refractivity contribution in [3.63, 3.8) is 0 Å². The van der Waals surface area contributed by atoms with Crippen LogP contribution in [0.2, 0.25) is 0 Å². The maximum atomic E-state index is 11.8. The van der Waals surface area contributed by atoms with E-state index in [0.717, 1.165) is 16.6 Å². The highest BCUT2D eigenvalue weighted by molar-refractivity contribution is 7.81. The summed E-state index contributed by atoms with van der Waals surface area (Å²) in [6.45, 7) is 0.701. The molecule has 16 heavy (non-hydrogen) atoms. The molecule has 0 saturated carbocycles. The summed E-state index contributed by atoms with van der Waals surface area (Å²) in [5.74, 6) is 0.161. The van der Waals surface area contributed by atoms with Crippen molar-refractivity contribution in [2.24, 2.45) is 0 Å². The molecular weight excluding hydrogens is 220 g/mol. The predicted molar refractivity (Wildman–Crippen MR) is 68.0 cm³/mol. The average Bonchev–Trinajstić information content (AvgIpc) is 2.84. The van der Waals surface area contributed by atoms with Crippen molar-refractivity contribution in [3.05, 3.63) is 30.5 Å². The van der Waals surface area contributed by atoms with Gasteiger partial charge in [0.05, 0.1) is 5.69 Å². The lowest BCUT2D eigenvalue weighted by molar-refractivity contribution is -0.117. The van der Waals surface area contributed by atoms with Crippen molar-refractivity contribution in [3.8, 4) is 0 Å². The van der Waals surface area contributed by atoms with E-state index < -0.39 is 0 Å². The molecular formula is C12H12N2OS. The topological polar surface area (TPSA) is 36.1 Å². The first kappa shape index (κ1) is 9.78. The Bertz CT molecular complexity index is 549. The Hall–Kier alpha value is -1.42. The van der Waals surface area contributed by atoms with Gasteiger partial charge in [0, 0.05) is 35.3 Å². The highest BCUT2D eigenvalue weighted by Crippen LogP contribution is 2.30. The van der Waals surface area contributed by atoms with Gasteiger partial charge in [0.2, 0.25) is 5.91 Å². The zero-order valence-corrected chi connectivity index (χ0v) is 9.58. The number of hydrogen-bond donors (Lipinski definition) is 2. The second-order valence-electron chi connectivity index (χ2n) is 4.08. The van der Waals surface area contributed by atoms with Gasteiger partial charge in [-0.1, -0.05) is 6.07 Å². The predicted octanol–water partition coefficient (Wildman–Crippen LogP) is 2.20. The van der Waals surface area contributed by atoms with E-state index in [4.69, 9.17) is 0 Å². The minimum Gasteiger partial charge on any atom is -0.361 e. The number of rotatable bonds is 1. The first-order chi connectivity index (χ1) is 7.75. The normalized spacial score (nSPS) is 20.9. The van der Waals surface area contributed by atoms with E-state index in [0.29, 0.717) is 13.0 Å². The number of anilines is 1. The lowest BCUT2D eigenvalue weighted by Gasteiger charge is -2.17. The minimum absolute atomic E-state index is 0.154. The largest absolute Gasteiger partial charge is 0.361 e. The molecule has 1 amide bonds. The Kier molecular flexibility index (Phi) is 2.17. The standard InChI is InChI=1S/C12H12N2OS/c15-12-6-8(16)7-14(12)11-3-1-2-10-9(11)4-5-13-10/h1-5,8,13,16H,6-7H2. The monoisotopic (exact) mass is 232 g/mol. The van der Waals surface area contributed by atoms with E-state index >= 15 is 0 Å². The number of nitrogens with zero attached hydrogens (tertiary/aromatic N) is 1. The van der Waals surface area contributed by atoms with Crippen LogP contribution in [0, 0.1) is 0 Å². The van der Waals surface area contributed by atoms with Crippen LogP contribution >= 0.6 is 12.6 Å². The number of benzene rings is 1. The fraction of sp³-hybridized carbons (Fsp3) is 0.250. The number of nitrogens with one attached hydrogen (secondary N) is 1. The van der Waals surface area contributed by atoms with Gasteiger partial charge in [-0.3, -0.25) is 4.79 Å². The van der Waals surface area contributed by atoms with Gasteiger partial charge >= 0.3 is 0 Å². The van der Waals surface area contributed by atoms with Crippen LogP contribution in [0.5, 0.6) is 0 Å². The maximum Gasteiger partial charge on any atom is 0.228 e. The van der Waals surface area contributed by atoms with Gasteiger partial charge in [0.15, 0.2) is 0 Å². The Morgan fingerprint density at radius 3 is 3.00 bits per heavy atom. The summed E-state index contributed by atoms with van der Waals surface area (Å²) in [5.41, 5.74) is 2.05. The number of carbonyl (C=O) groups excluding carboxylic acids is 1. The second kappa shape index (κ2) is 3.56. The lowest BCUT2D eigenvalue weighted by Crippen LogP contribution is -2.24. The summed E-state index contributed by atoms with van der Waals surface area (Å²) in [5, 5.41) is 1.25. The summed E-state index contributed by atoms with van der Waals surface area (Å²) in [4.78, 5) is 16.8. The summed E-state index contributed by atoms with van der Waals surface area (Å²) in [6.07, 6.45) is 2.43. The summed E-state index contributed by atoms with van der Waals surface area (Å²) < 4.78 is 0. The number of aromatic amines is 1. The third-order valence-electron chi connectivity index (χ3n) is 2.97. The summed E-state index contributed by atoms with van der Waals surface area (Å²) >= 11 is 4.37. The van der Waals surface area contributed by atoms with Crippen LogP contribution in [0.3, 0.4) is 0 Å². The zero-order valence-electron chi connectivity index (χ0n) is 8.68. The van der Waals surface area contributed by atoms with Crippen LogP contribution in [0.15, 0.2) is 30.5 Å². The fourth-order valence-electron chi connectivity index (χ4n) is 2.23. The quantitative estimate of drug-likeness (QED) is 0.727. The number of hydrogen-bond acceptors (Lipinski definition) is 2. The van der Waals surface area contributed by atoms with Crippen molar-refractivity contribution in [1.29, 1.82) is 0 Å². The minimum atomic E-state index is 0.154. The molecule has 0 bridgehead atoms. The lowest BCUT2D eigenvalue weighted by atomic mass is 10.2. The molecule has 1 unspecified atom stereocenters. The number of H-pyrrole nitrogens is 1. The highest BCUT2D eigenvalue weighted by Gasteiger charge is 2.29. The van der Waals surface area contributed by atoms with Crippen LogP contribution in [-0.4, -0.2) is 22.7 Å². The number of thiol groups is 1. The first-order valence-corrected chi connectivity index (χ1v) is 5.82. The summed E-state index contributed by atoms with van der Waals surface area (Å²) in [6, 6.07) is 7.97. The van der Waals surface area contributed by atoms with Crippen LogP contribution in [0.25, 0.3) is 10.9 Å². The Labute approximate surface area is 98.9 Å². The van der Waals surface area contributed by atoms with Gasteiger partial charge in [-0.15, -0.1) is 0 Å². The third-order valence-corrected chi connectivity index (χ3v) is 3.31. The van der Waals surface area contributed by atoms with E-state index in [-0.39, 0.29) is 11.2 Å². The molecule has 1 N–H and O–H groups in total. The van der Waals surface area contributed by atoms with Crippen LogP contribution in [-0.2, 0) is 4.79 Å². The van der Waals surface area contributed by atoms with Crippen LogP contribution in [0.4, 0.5) is 5.69 Å². The molecule has 2 aromatic rings. The zero-order chi connectivity index (χ0) is 11.1. The molecule has 0 radical (unpaired) electrons. The second-order valence-corrected chi connectivity index (χ2v) is 4.81. The number of fused-ring (bicyclic) bond motifs is 1. The van der Waals surface area contributed by atoms with Gasteiger partial charge < -0.3 is 9.88 Å². The van der Waals surface area contributed by atoms with E-state index in [9.17, 15) is 4.79 Å². The van der Waals surface area contributed by atoms with Gasteiger partial charge in [-0.25, -0.2) is 0 Å². The van der Waals surface area contributed by atoms with Gasteiger partial charge in [0.1, 0.15) is 0 Å². The Morgan fingerprint density at radius 1 is 1.38 bits per heavy atom. The number of aromatic nitrogens is 1. The summed E-state index contributed by atoms with van der Waals surface area (Å²) in [7, 11) is 0. The van der Waals surface area contributed by atoms with Crippen molar-refractivity contribution in [2.75, 3.05) is 11.4 Å². The van der Waals surface area contributed by atoms with Crippen LogP contribution < -0.4 is 4.90 Å². The smallest absolute Gasteiger partial charge is 0.228 e. The molecule has 3 rings (SSSR count). The molecule has 1 aliphatic rings. The van der Waals surface area contributed by atoms with Gasteiger partial charge in [-0.05, 0) is 18.2 Å². The molecule has 1 aliphatic heterocycles. The molecule has 0 aliphatic carbocycles.